The van der Waals surface area contributed by atoms with Gasteiger partial charge < -0.3 is 5.73 Å². The van der Waals surface area contributed by atoms with Gasteiger partial charge >= 0.3 is 0 Å². The van der Waals surface area contributed by atoms with Gasteiger partial charge in [-0.3, -0.25) is 13.8 Å². The van der Waals surface area contributed by atoms with Crippen molar-refractivity contribution in [3.05, 3.63) is 12.4 Å². The third kappa shape index (κ3) is 2.02. The average Bonchev–Trinajstić information content (AvgIpc) is 2.52. The van der Waals surface area contributed by atoms with Gasteiger partial charge in [0.1, 0.15) is 0 Å². The summed E-state index contributed by atoms with van der Waals surface area (Å²) in [4.78, 5) is 0. The van der Waals surface area contributed by atoms with Crippen LogP contribution < -0.4 is 5.73 Å². The maximum atomic E-state index is 9.43. The van der Waals surface area contributed by atoms with Crippen LogP contribution in [0.2, 0.25) is 0 Å². The fourth-order valence-corrected chi connectivity index (χ4v) is 3.22. The Morgan fingerprint density at radius 1 is 1.43 bits per heavy atom. The van der Waals surface area contributed by atoms with Gasteiger partial charge in [-0.05, 0) is 12.8 Å². The van der Waals surface area contributed by atoms with Crippen LogP contribution in [0.15, 0.2) is 12.4 Å². The van der Waals surface area contributed by atoms with Crippen LogP contribution in [0.25, 0.3) is 0 Å². The Morgan fingerprint density at radius 2 is 2.07 bits per heavy atom. The van der Waals surface area contributed by atoms with Crippen LogP contribution >= 0.6 is 10.6 Å². The predicted molar refractivity (Wildman–Crippen MR) is 57.5 cm³/mol. The molecule has 0 spiro atoms. The topological polar surface area (TPSA) is 84.3 Å². The summed E-state index contributed by atoms with van der Waals surface area (Å²) < 4.78 is 20.7. The molecule has 1 aromatic rings. The Kier molecular flexibility index (Phi) is 2.42. The lowest BCUT2D eigenvalue weighted by Crippen LogP contribution is -2.23. The average molecular weight is 217 g/mol. The molecular formula is C8H15N3O2S. The van der Waals surface area contributed by atoms with Crippen LogP contribution in [-0.2, 0) is 0 Å². The quantitative estimate of drug-likeness (QED) is 0.666. The summed E-state index contributed by atoms with van der Waals surface area (Å²) in [7, 11) is -2.29. The standard InChI is InChI=1S/C8H15N3O2S/c9-7-5-10-11(6-7)8-1-3-14(12,13)4-2-8/h5-6,8,12-13H,1-4,9H2. The Balaban J connectivity index is 2.02. The molecule has 0 atom stereocenters. The molecule has 0 bridgehead atoms. The van der Waals surface area contributed by atoms with E-state index in [0.717, 1.165) is 12.8 Å². The lowest BCUT2D eigenvalue weighted by atomic mass is 10.2. The SMILES string of the molecule is Nc1cnn(C2CCS(O)(O)CC2)c1. The molecule has 80 valence electrons. The maximum Gasteiger partial charge on any atom is 0.0719 e. The summed E-state index contributed by atoms with van der Waals surface area (Å²) in [5.74, 6) is 0.967. The Bertz CT molecular complexity index is 316. The van der Waals surface area contributed by atoms with Crippen LogP contribution in [0.1, 0.15) is 18.9 Å². The highest BCUT2D eigenvalue weighted by Crippen LogP contribution is 2.46. The fourth-order valence-electron chi connectivity index (χ4n) is 1.71. The number of aromatic nitrogens is 2. The monoisotopic (exact) mass is 217 g/mol. The molecule has 0 aromatic carbocycles. The van der Waals surface area contributed by atoms with E-state index in [1.165, 1.54) is 0 Å². The zero-order valence-electron chi connectivity index (χ0n) is 7.83. The first-order valence-electron chi connectivity index (χ1n) is 4.60. The van der Waals surface area contributed by atoms with E-state index in [4.69, 9.17) is 5.73 Å². The van der Waals surface area contributed by atoms with E-state index >= 15 is 0 Å². The van der Waals surface area contributed by atoms with Crippen LogP contribution in [0.5, 0.6) is 0 Å². The second kappa shape index (κ2) is 3.45. The molecule has 4 N–H and O–H groups in total. The molecule has 5 nitrogen and oxygen atoms in total. The number of nitrogens with two attached hydrogens (primary N) is 1. The minimum absolute atomic E-state index is 0.271. The highest BCUT2D eigenvalue weighted by Gasteiger charge is 2.25. The Labute approximate surface area is 84.3 Å². The van der Waals surface area contributed by atoms with Crippen molar-refractivity contribution < 1.29 is 9.11 Å². The molecule has 1 fully saturated rings. The molecule has 2 rings (SSSR count). The maximum absolute atomic E-state index is 9.43. The predicted octanol–water partition coefficient (Wildman–Crippen LogP) is 1.55. The van der Waals surface area contributed by atoms with E-state index in [1.807, 2.05) is 4.68 Å². The van der Waals surface area contributed by atoms with Crippen molar-refractivity contribution in [2.75, 3.05) is 17.2 Å². The third-order valence-electron chi connectivity index (χ3n) is 2.55. The number of hydrogen-bond donors (Lipinski definition) is 3. The number of rotatable bonds is 1. The van der Waals surface area contributed by atoms with Crippen molar-refractivity contribution in [2.24, 2.45) is 0 Å². The van der Waals surface area contributed by atoms with Gasteiger partial charge in [0.15, 0.2) is 0 Å². The van der Waals surface area contributed by atoms with E-state index in [1.54, 1.807) is 12.4 Å². The lowest BCUT2D eigenvalue weighted by Gasteiger charge is -2.39. The van der Waals surface area contributed by atoms with Crippen molar-refractivity contribution in [2.45, 2.75) is 18.9 Å². The van der Waals surface area contributed by atoms with E-state index < -0.39 is 10.6 Å². The van der Waals surface area contributed by atoms with E-state index in [9.17, 15) is 9.11 Å². The second-order valence-electron chi connectivity index (χ2n) is 3.70. The molecule has 1 aliphatic rings. The molecule has 2 heterocycles. The lowest BCUT2D eigenvalue weighted by molar-refractivity contribution is 0.388. The summed E-state index contributed by atoms with van der Waals surface area (Å²) >= 11 is 0. The summed E-state index contributed by atoms with van der Waals surface area (Å²) in [5.41, 5.74) is 6.22. The smallest absolute Gasteiger partial charge is 0.0719 e. The largest absolute Gasteiger partial charge is 0.396 e. The fraction of sp³-hybridized carbons (Fsp3) is 0.625. The molecule has 1 aromatic heterocycles. The summed E-state index contributed by atoms with van der Waals surface area (Å²) in [5, 5.41) is 4.12. The molecule has 1 aliphatic heterocycles. The zero-order chi connectivity index (χ0) is 10.2. The van der Waals surface area contributed by atoms with Crippen molar-refractivity contribution in [1.29, 1.82) is 0 Å². The first kappa shape index (κ1) is 9.82. The highest BCUT2D eigenvalue weighted by atomic mass is 32.3. The van der Waals surface area contributed by atoms with Gasteiger partial charge in [-0.25, -0.2) is 0 Å². The molecule has 0 amide bonds. The van der Waals surface area contributed by atoms with Crippen molar-refractivity contribution in [3.63, 3.8) is 0 Å². The minimum atomic E-state index is -2.29. The molecule has 0 radical (unpaired) electrons. The number of nitrogens with zero attached hydrogens (tertiary/aromatic N) is 2. The molecular weight excluding hydrogens is 202 g/mol. The summed E-state index contributed by atoms with van der Waals surface area (Å²) in [6.45, 7) is 0. The van der Waals surface area contributed by atoms with Gasteiger partial charge in [-0.2, -0.15) is 15.7 Å². The van der Waals surface area contributed by atoms with Gasteiger partial charge in [0.25, 0.3) is 0 Å². The molecule has 6 heteroatoms. The number of anilines is 1. The zero-order valence-corrected chi connectivity index (χ0v) is 8.65. The van der Waals surface area contributed by atoms with Crippen LogP contribution in [0.3, 0.4) is 0 Å². The molecule has 1 saturated heterocycles. The molecule has 0 unspecified atom stereocenters. The van der Waals surface area contributed by atoms with Crippen molar-refractivity contribution >= 4 is 16.3 Å². The Hall–Kier alpha value is -0.720. The normalized spacial score (nSPS) is 24.7. The Morgan fingerprint density at radius 3 is 2.57 bits per heavy atom. The molecule has 0 saturated carbocycles. The van der Waals surface area contributed by atoms with E-state index in [-0.39, 0.29) is 6.04 Å². The van der Waals surface area contributed by atoms with Crippen LogP contribution in [0, 0.1) is 0 Å². The van der Waals surface area contributed by atoms with Gasteiger partial charge in [0.05, 0.1) is 17.9 Å². The van der Waals surface area contributed by atoms with Gasteiger partial charge in [0, 0.05) is 17.7 Å². The van der Waals surface area contributed by atoms with Crippen molar-refractivity contribution in [3.8, 4) is 0 Å². The van der Waals surface area contributed by atoms with Crippen LogP contribution in [-0.4, -0.2) is 30.4 Å². The van der Waals surface area contributed by atoms with Gasteiger partial charge in [0.2, 0.25) is 0 Å². The van der Waals surface area contributed by atoms with E-state index in [0.29, 0.717) is 17.2 Å². The van der Waals surface area contributed by atoms with Crippen molar-refractivity contribution in [1.82, 2.24) is 9.78 Å². The second-order valence-corrected chi connectivity index (χ2v) is 6.12. The number of hydrogen-bond acceptors (Lipinski definition) is 4. The summed E-state index contributed by atoms with van der Waals surface area (Å²) in [6, 6.07) is 0.271. The summed E-state index contributed by atoms with van der Waals surface area (Å²) in [6.07, 6.45) is 4.95. The van der Waals surface area contributed by atoms with Gasteiger partial charge in [-0.15, -0.1) is 0 Å². The minimum Gasteiger partial charge on any atom is -0.396 e. The first-order valence-corrected chi connectivity index (χ1v) is 6.48. The first-order chi connectivity index (χ1) is 6.57. The molecule has 0 aliphatic carbocycles. The van der Waals surface area contributed by atoms with E-state index in [2.05, 4.69) is 5.10 Å². The van der Waals surface area contributed by atoms with Crippen LogP contribution in [0.4, 0.5) is 5.69 Å². The highest BCUT2D eigenvalue weighted by molar-refractivity contribution is 8.24. The third-order valence-corrected chi connectivity index (χ3v) is 4.33. The van der Waals surface area contributed by atoms with Gasteiger partial charge in [-0.1, -0.05) is 0 Å². The number of nitrogen functional groups attached to an aromatic ring is 1. The molecule has 14 heavy (non-hydrogen) atoms.